The number of aromatic nitrogens is 3. The molecule has 2 aromatic carbocycles. The Hall–Kier alpha value is -3.00. The van der Waals surface area contributed by atoms with Gasteiger partial charge in [-0.2, -0.15) is 4.98 Å². The van der Waals surface area contributed by atoms with Crippen LogP contribution >= 0.6 is 11.6 Å². The fourth-order valence-electron chi connectivity index (χ4n) is 2.01. The number of halogens is 3. The Labute approximate surface area is 145 Å². The molecule has 0 bridgehead atoms. The average molecular weight is 365 g/mol. The molecule has 0 spiro atoms. The number of carbonyl (C=O) groups excluding carboxylic acids is 1. The van der Waals surface area contributed by atoms with Gasteiger partial charge in [0.15, 0.2) is 12.4 Å². The third-order valence-electron chi connectivity index (χ3n) is 3.07. The number of ether oxygens (including phenoxy) is 1. The lowest BCUT2D eigenvalue weighted by molar-refractivity contribution is -0.118. The lowest BCUT2D eigenvalue weighted by Gasteiger charge is -2.05. The molecule has 0 unspecified atom stereocenters. The summed E-state index contributed by atoms with van der Waals surface area (Å²) in [7, 11) is 0. The van der Waals surface area contributed by atoms with Gasteiger partial charge in [-0.25, -0.2) is 8.78 Å². The molecule has 1 amide bonds. The van der Waals surface area contributed by atoms with Gasteiger partial charge in [-0.15, -0.1) is 5.10 Å². The molecule has 6 nitrogen and oxygen atoms in total. The summed E-state index contributed by atoms with van der Waals surface area (Å²) >= 11 is 6.06. The van der Waals surface area contributed by atoms with Crippen LogP contribution < -0.4 is 10.1 Å². The number of aromatic amines is 1. The molecular formula is C16H11ClF2N4O2. The van der Waals surface area contributed by atoms with Crippen molar-refractivity contribution in [1.82, 2.24) is 15.2 Å². The minimum absolute atomic E-state index is 0.0222. The first-order chi connectivity index (χ1) is 12.0. The largest absolute Gasteiger partial charge is 0.484 e. The monoisotopic (exact) mass is 364 g/mol. The molecule has 0 saturated heterocycles. The minimum Gasteiger partial charge on any atom is -0.484 e. The summed E-state index contributed by atoms with van der Waals surface area (Å²) < 4.78 is 31.1. The molecule has 0 atom stereocenters. The Morgan fingerprint density at radius 3 is 2.64 bits per heavy atom. The van der Waals surface area contributed by atoms with E-state index in [0.717, 1.165) is 12.1 Å². The Morgan fingerprint density at radius 2 is 1.92 bits per heavy atom. The topological polar surface area (TPSA) is 79.9 Å². The highest BCUT2D eigenvalue weighted by Gasteiger charge is 2.12. The smallest absolute Gasteiger partial charge is 0.264 e. The maximum absolute atomic E-state index is 13.0. The molecule has 25 heavy (non-hydrogen) atoms. The van der Waals surface area contributed by atoms with Crippen LogP contribution in [0.4, 0.5) is 14.7 Å². The van der Waals surface area contributed by atoms with E-state index in [1.807, 2.05) is 0 Å². The molecule has 2 N–H and O–H groups in total. The zero-order valence-corrected chi connectivity index (χ0v) is 13.3. The molecule has 0 aliphatic carbocycles. The maximum atomic E-state index is 13.0. The van der Waals surface area contributed by atoms with Gasteiger partial charge in [0.25, 0.3) is 5.91 Å². The summed E-state index contributed by atoms with van der Waals surface area (Å²) in [6.45, 7) is -0.459. The van der Waals surface area contributed by atoms with Crippen LogP contribution in [0, 0.1) is 11.6 Å². The highest BCUT2D eigenvalue weighted by molar-refractivity contribution is 6.33. The van der Waals surface area contributed by atoms with Crippen molar-refractivity contribution in [1.29, 1.82) is 0 Å². The van der Waals surface area contributed by atoms with Gasteiger partial charge in [-0.3, -0.25) is 15.2 Å². The second-order valence-electron chi connectivity index (χ2n) is 4.93. The summed E-state index contributed by atoms with van der Waals surface area (Å²) in [5.74, 6) is -1.88. The van der Waals surface area contributed by atoms with E-state index in [4.69, 9.17) is 16.3 Å². The molecule has 0 saturated carbocycles. The van der Waals surface area contributed by atoms with Crippen LogP contribution in [0.1, 0.15) is 0 Å². The molecule has 1 aromatic heterocycles. The highest BCUT2D eigenvalue weighted by Crippen LogP contribution is 2.24. The Morgan fingerprint density at radius 1 is 1.20 bits per heavy atom. The van der Waals surface area contributed by atoms with Crippen molar-refractivity contribution in [2.75, 3.05) is 11.9 Å². The van der Waals surface area contributed by atoms with Crippen molar-refractivity contribution in [2.45, 2.75) is 0 Å². The predicted molar refractivity (Wildman–Crippen MR) is 87.3 cm³/mol. The quantitative estimate of drug-likeness (QED) is 0.727. The van der Waals surface area contributed by atoms with Crippen molar-refractivity contribution < 1.29 is 18.3 Å². The van der Waals surface area contributed by atoms with Crippen LogP contribution in [0.5, 0.6) is 5.75 Å². The molecule has 3 rings (SSSR count). The lowest BCUT2D eigenvalue weighted by atomic mass is 10.2. The van der Waals surface area contributed by atoms with E-state index in [2.05, 4.69) is 20.5 Å². The molecule has 3 aromatic rings. The first-order valence-corrected chi connectivity index (χ1v) is 7.45. The van der Waals surface area contributed by atoms with E-state index in [0.29, 0.717) is 22.5 Å². The Balaban J connectivity index is 1.61. The third-order valence-corrected chi connectivity index (χ3v) is 3.40. The van der Waals surface area contributed by atoms with E-state index >= 15 is 0 Å². The van der Waals surface area contributed by atoms with Crippen LogP contribution in [0.15, 0.2) is 42.5 Å². The second-order valence-corrected chi connectivity index (χ2v) is 5.34. The number of amides is 1. The molecule has 0 radical (unpaired) electrons. The Bertz CT molecular complexity index is 896. The number of hydrogen-bond acceptors (Lipinski definition) is 4. The van der Waals surface area contributed by atoms with Gasteiger partial charge < -0.3 is 4.74 Å². The van der Waals surface area contributed by atoms with Crippen molar-refractivity contribution in [3.63, 3.8) is 0 Å². The zero-order valence-electron chi connectivity index (χ0n) is 12.6. The standard InChI is InChI=1S/C16H11ClF2N4O2/c17-13-4-2-1-3-12(13)15-21-16(23-22-15)20-14(24)8-25-11-6-9(18)5-10(19)7-11/h1-7H,8H2,(H2,20,21,22,23,24). The number of rotatable bonds is 5. The van der Waals surface area contributed by atoms with Gasteiger partial charge >= 0.3 is 0 Å². The van der Waals surface area contributed by atoms with E-state index in [9.17, 15) is 13.6 Å². The van der Waals surface area contributed by atoms with Crippen LogP contribution in [-0.2, 0) is 4.79 Å². The maximum Gasteiger partial charge on any atom is 0.264 e. The summed E-state index contributed by atoms with van der Waals surface area (Å²) in [6.07, 6.45) is 0. The molecule has 0 aliphatic heterocycles. The SMILES string of the molecule is O=C(COc1cc(F)cc(F)c1)Nc1n[nH]c(-c2ccccc2Cl)n1. The first-order valence-electron chi connectivity index (χ1n) is 7.07. The van der Waals surface area contributed by atoms with E-state index < -0.39 is 24.1 Å². The molecule has 128 valence electrons. The fourth-order valence-corrected chi connectivity index (χ4v) is 2.24. The van der Waals surface area contributed by atoms with Crippen LogP contribution in [0.2, 0.25) is 5.02 Å². The highest BCUT2D eigenvalue weighted by atomic mass is 35.5. The zero-order chi connectivity index (χ0) is 17.8. The second kappa shape index (κ2) is 7.27. The van der Waals surface area contributed by atoms with E-state index in [-0.39, 0.29) is 11.7 Å². The summed E-state index contributed by atoms with van der Waals surface area (Å²) in [5.41, 5.74) is 0.628. The number of nitrogens with zero attached hydrogens (tertiary/aromatic N) is 2. The van der Waals surface area contributed by atoms with Gasteiger partial charge in [0.05, 0.1) is 5.02 Å². The van der Waals surface area contributed by atoms with Crippen molar-refractivity contribution in [3.05, 3.63) is 59.1 Å². The summed E-state index contributed by atoms with van der Waals surface area (Å²) in [6, 6.07) is 9.65. The van der Waals surface area contributed by atoms with Crippen molar-refractivity contribution in [3.8, 4) is 17.1 Å². The Kier molecular flexibility index (Phi) is 4.90. The van der Waals surface area contributed by atoms with Gasteiger partial charge in [0.2, 0.25) is 5.95 Å². The summed E-state index contributed by atoms with van der Waals surface area (Å²) in [5, 5.41) is 9.39. The number of anilines is 1. The number of carbonyl (C=O) groups is 1. The number of nitrogens with one attached hydrogen (secondary N) is 2. The van der Waals surface area contributed by atoms with Crippen LogP contribution in [-0.4, -0.2) is 27.7 Å². The first kappa shape index (κ1) is 16.8. The molecule has 0 aliphatic rings. The number of benzene rings is 2. The minimum atomic E-state index is -0.797. The van der Waals surface area contributed by atoms with Gasteiger partial charge in [0.1, 0.15) is 17.4 Å². The lowest BCUT2D eigenvalue weighted by Crippen LogP contribution is -2.21. The average Bonchev–Trinajstić information content (AvgIpc) is 3.01. The molecule has 1 heterocycles. The van der Waals surface area contributed by atoms with Crippen LogP contribution in [0.25, 0.3) is 11.4 Å². The molecular weight excluding hydrogens is 354 g/mol. The number of H-pyrrole nitrogens is 1. The predicted octanol–water partition coefficient (Wildman–Crippen LogP) is 3.42. The number of hydrogen-bond donors (Lipinski definition) is 2. The normalized spacial score (nSPS) is 10.5. The van der Waals surface area contributed by atoms with Gasteiger partial charge in [-0.1, -0.05) is 23.7 Å². The third kappa shape index (κ3) is 4.30. The fraction of sp³-hybridized carbons (Fsp3) is 0.0625. The molecule has 9 heteroatoms. The van der Waals surface area contributed by atoms with Gasteiger partial charge in [0, 0.05) is 23.8 Å². The van der Waals surface area contributed by atoms with Crippen molar-refractivity contribution >= 4 is 23.5 Å². The van der Waals surface area contributed by atoms with Crippen LogP contribution in [0.3, 0.4) is 0 Å². The van der Waals surface area contributed by atoms with E-state index in [1.165, 1.54) is 0 Å². The van der Waals surface area contributed by atoms with Gasteiger partial charge in [-0.05, 0) is 12.1 Å². The summed E-state index contributed by atoms with van der Waals surface area (Å²) in [4.78, 5) is 15.9. The molecule has 0 fully saturated rings. The van der Waals surface area contributed by atoms with Crippen molar-refractivity contribution in [2.24, 2.45) is 0 Å². The van der Waals surface area contributed by atoms with E-state index in [1.54, 1.807) is 24.3 Å².